The van der Waals surface area contributed by atoms with Crippen molar-refractivity contribution in [1.29, 1.82) is 0 Å². The van der Waals surface area contributed by atoms with Gasteiger partial charge in [0, 0.05) is 46.6 Å². The predicted molar refractivity (Wildman–Crippen MR) is 84.9 cm³/mol. The third-order valence-electron chi connectivity index (χ3n) is 4.05. The summed E-state index contributed by atoms with van der Waals surface area (Å²) in [4.78, 5) is 9.60. The summed E-state index contributed by atoms with van der Waals surface area (Å²) in [6.45, 7) is 1.86. The molecule has 5 heteroatoms. The molecule has 2 aliphatic rings. The van der Waals surface area contributed by atoms with E-state index in [1.807, 2.05) is 12.1 Å². The number of fused-ring (bicyclic) bond motifs is 1. The van der Waals surface area contributed by atoms with Crippen molar-refractivity contribution in [3.8, 4) is 11.4 Å². The second kappa shape index (κ2) is 5.24. The summed E-state index contributed by atoms with van der Waals surface area (Å²) >= 11 is 12.2. The lowest BCUT2D eigenvalue weighted by Crippen LogP contribution is -2.26. The molecule has 1 aliphatic heterocycles. The first-order valence-corrected chi connectivity index (χ1v) is 8.03. The fraction of sp³-hybridized carbons (Fsp3) is 0.375. The van der Waals surface area contributed by atoms with Gasteiger partial charge in [-0.05, 0) is 31.0 Å². The number of hydrogen-bond acceptors (Lipinski definition) is 3. The molecule has 2 aromatic rings. The fourth-order valence-corrected chi connectivity index (χ4v) is 3.40. The molecule has 108 valence electrons. The third kappa shape index (κ3) is 2.66. The van der Waals surface area contributed by atoms with Gasteiger partial charge in [-0.1, -0.05) is 23.2 Å². The maximum Gasteiger partial charge on any atom is 0.159 e. The lowest BCUT2D eigenvalue weighted by atomic mass is 10.0. The number of nitrogens with zero attached hydrogens (tertiary/aromatic N) is 2. The smallest absolute Gasteiger partial charge is 0.159 e. The predicted octanol–water partition coefficient (Wildman–Crippen LogP) is 3.97. The molecule has 1 saturated carbocycles. The Labute approximate surface area is 133 Å². The molecule has 21 heavy (non-hydrogen) atoms. The zero-order valence-electron chi connectivity index (χ0n) is 11.5. The molecular weight excluding hydrogens is 305 g/mol. The van der Waals surface area contributed by atoms with Gasteiger partial charge in [0.1, 0.15) is 0 Å². The van der Waals surface area contributed by atoms with Crippen LogP contribution in [0.3, 0.4) is 0 Å². The van der Waals surface area contributed by atoms with Crippen LogP contribution in [0.2, 0.25) is 10.0 Å². The zero-order chi connectivity index (χ0) is 14.4. The maximum atomic E-state index is 6.11. The molecule has 0 radical (unpaired) electrons. The Kier molecular flexibility index (Phi) is 3.37. The van der Waals surface area contributed by atoms with Crippen molar-refractivity contribution in [2.75, 3.05) is 6.54 Å². The van der Waals surface area contributed by atoms with Gasteiger partial charge in [0.25, 0.3) is 0 Å². The molecular formula is C16H15Cl2N3. The van der Waals surface area contributed by atoms with Crippen LogP contribution < -0.4 is 5.32 Å². The van der Waals surface area contributed by atoms with E-state index in [1.165, 1.54) is 29.8 Å². The van der Waals surface area contributed by atoms with Crippen molar-refractivity contribution < 1.29 is 0 Å². The molecule has 1 fully saturated rings. The minimum atomic E-state index is 0.607. The summed E-state index contributed by atoms with van der Waals surface area (Å²) in [5.74, 6) is 1.36. The summed E-state index contributed by atoms with van der Waals surface area (Å²) in [5.41, 5.74) is 4.60. The molecule has 1 aromatic carbocycles. The van der Waals surface area contributed by atoms with E-state index >= 15 is 0 Å². The Morgan fingerprint density at radius 3 is 2.52 bits per heavy atom. The Bertz CT molecular complexity index is 691. The second-order valence-electron chi connectivity index (χ2n) is 5.72. The van der Waals surface area contributed by atoms with Crippen LogP contribution in [0.15, 0.2) is 18.2 Å². The number of rotatable bonds is 2. The van der Waals surface area contributed by atoms with Crippen LogP contribution in [0, 0.1) is 0 Å². The van der Waals surface area contributed by atoms with E-state index in [2.05, 4.69) is 5.32 Å². The third-order valence-corrected chi connectivity index (χ3v) is 4.49. The van der Waals surface area contributed by atoms with E-state index in [-0.39, 0.29) is 0 Å². The highest BCUT2D eigenvalue weighted by molar-refractivity contribution is 6.35. The van der Waals surface area contributed by atoms with Crippen LogP contribution in [0.25, 0.3) is 11.4 Å². The van der Waals surface area contributed by atoms with E-state index in [0.29, 0.717) is 16.0 Å². The molecule has 0 saturated heterocycles. The first-order valence-electron chi connectivity index (χ1n) is 7.27. The molecule has 1 aliphatic carbocycles. The van der Waals surface area contributed by atoms with Gasteiger partial charge >= 0.3 is 0 Å². The molecule has 0 amide bonds. The van der Waals surface area contributed by atoms with E-state index in [4.69, 9.17) is 33.2 Å². The standard InChI is InChI=1S/C16H15Cl2N3/c17-11-5-10(6-12(18)7-11)16-20-14-3-4-19-8-13(14)15(21-16)9-1-2-9/h5-7,9,19H,1-4,8H2. The van der Waals surface area contributed by atoms with E-state index in [0.717, 1.165) is 30.9 Å². The molecule has 3 nitrogen and oxygen atoms in total. The van der Waals surface area contributed by atoms with Crippen molar-refractivity contribution in [2.24, 2.45) is 0 Å². The van der Waals surface area contributed by atoms with Crippen LogP contribution in [-0.2, 0) is 13.0 Å². The quantitative estimate of drug-likeness (QED) is 0.910. The maximum absolute atomic E-state index is 6.11. The van der Waals surface area contributed by atoms with Crippen molar-refractivity contribution in [3.63, 3.8) is 0 Å². The zero-order valence-corrected chi connectivity index (χ0v) is 13.0. The molecule has 0 atom stereocenters. The summed E-state index contributed by atoms with van der Waals surface area (Å²) in [6, 6.07) is 5.50. The highest BCUT2D eigenvalue weighted by atomic mass is 35.5. The van der Waals surface area contributed by atoms with Gasteiger partial charge in [-0.25, -0.2) is 9.97 Å². The van der Waals surface area contributed by atoms with Gasteiger partial charge in [-0.15, -0.1) is 0 Å². The lowest BCUT2D eigenvalue weighted by molar-refractivity contribution is 0.617. The highest BCUT2D eigenvalue weighted by Crippen LogP contribution is 2.42. The van der Waals surface area contributed by atoms with Crippen molar-refractivity contribution in [1.82, 2.24) is 15.3 Å². The van der Waals surface area contributed by atoms with Gasteiger partial charge < -0.3 is 5.32 Å². The minimum absolute atomic E-state index is 0.607. The summed E-state index contributed by atoms with van der Waals surface area (Å²) in [7, 11) is 0. The molecule has 4 rings (SSSR count). The minimum Gasteiger partial charge on any atom is -0.312 e. The number of hydrogen-bond donors (Lipinski definition) is 1. The van der Waals surface area contributed by atoms with Crippen molar-refractivity contribution >= 4 is 23.2 Å². The Balaban J connectivity index is 1.87. The molecule has 1 N–H and O–H groups in total. The number of nitrogens with one attached hydrogen (secondary N) is 1. The summed E-state index contributed by atoms with van der Waals surface area (Å²) < 4.78 is 0. The van der Waals surface area contributed by atoms with Crippen LogP contribution in [0.1, 0.15) is 35.7 Å². The van der Waals surface area contributed by atoms with Crippen molar-refractivity contribution in [2.45, 2.75) is 31.7 Å². The average molecular weight is 320 g/mol. The van der Waals surface area contributed by atoms with Gasteiger partial charge in [0.2, 0.25) is 0 Å². The number of aromatic nitrogens is 2. The van der Waals surface area contributed by atoms with Gasteiger partial charge in [0.15, 0.2) is 5.82 Å². The Morgan fingerprint density at radius 1 is 1.05 bits per heavy atom. The van der Waals surface area contributed by atoms with Crippen molar-refractivity contribution in [3.05, 3.63) is 45.2 Å². The van der Waals surface area contributed by atoms with Gasteiger partial charge in [-0.2, -0.15) is 0 Å². The second-order valence-corrected chi connectivity index (χ2v) is 6.59. The number of benzene rings is 1. The molecule has 0 spiro atoms. The Hall–Kier alpha value is -1.16. The SMILES string of the molecule is Clc1cc(Cl)cc(-c2nc3c(c(C4CC4)n2)CNCC3)c1. The van der Waals surface area contributed by atoms with Crippen LogP contribution in [0.4, 0.5) is 0 Å². The normalized spacial score (nSPS) is 17.6. The van der Waals surface area contributed by atoms with E-state index < -0.39 is 0 Å². The first-order chi connectivity index (χ1) is 10.2. The van der Waals surface area contributed by atoms with Gasteiger partial charge in [-0.3, -0.25) is 0 Å². The molecule has 0 bridgehead atoms. The van der Waals surface area contributed by atoms with E-state index in [1.54, 1.807) is 6.07 Å². The largest absolute Gasteiger partial charge is 0.312 e. The summed E-state index contributed by atoms with van der Waals surface area (Å²) in [5, 5.41) is 4.66. The average Bonchev–Trinajstić information content (AvgIpc) is 3.29. The lowest BCUT2D eigenvalue weighted by Gasteiger charge is -2.20. The molecule has 2 heterocycles. The summed E-state index contributed by atoms with van der Waals surface area (Å²) in [6.07, 6.45) is 3.43. The number of halogens is 2. The van der Waals surface area contributed by atoms with Gasteiger partial charge in [0.05, 0.1) is 11.4 Å². The molecule has 1 aromatic heterocycles. The van der Waals surface area contributed by atoms with Crippen LogP contribution in [-0.4, -0.2) is 16.5 Å². The Morgan fingerprint density at radius 2 is 1.81 bits per heavy atom. The first kappa shape index (κ1) is 13.5. The fourth-order valence-electron chi connectivity index (χ4n) is 2.88. The van der Waals surface area contributed by atoms with E-state index in [9.17, 15) is 0 Å². The topological polar surface area (TPSA) is 37.8 Å². The van der Waals surface area contributed by atoms with Crippen LogP contribution >= 0.6 is 23.2 Å². The van der Waals surface area contributed by atoms with Crippen LogP contribution in [0.5, 0.6) is 0 Å². The monoisotopic (exact) mass is 319 g/mol. The highest BCUT2D eigenvalue weighted by Gasteiger charge is 2.30. The molecule has 0 unspecified atom stereocenters.